The Labute approximate surface area is 119 Å². The van der Waals surface area contributed by atoms with Crippen molar-refractivity contribution in [3.63, 3.8) is 0 Å². The molecule has 1 atom stereocenters. The van der Waals surface area contributed by atoms with Gasteiger partial charge in [-0.1, -0.05) is 6.92 Å². The van der Waals surface area contributed by atoms with E-state index in [1.54, 1.807) is 12.1 Å². The van der Waals surface area contributed by atoms with E-state index in [9.17, 15) is 4.39 Å². The van der Waals surface area contributed by atoms with E-state index in [-0.39, 0.29) is 11.9 Å². The fourth-order valence-electron chi connectivity index (χ4n) is 3.16. The summed E-state index contributed by atoms with van der Waals surface area (Å²) in [5.74, 6) is 0.671. The van der Waals surface area contributed by atoms with Gasteiger partial charge in [0.15, 0.2) is 0 Å². The lowest BCUT2D eigenvalue weighted by Gasteiger charge is -2.39. The molecule has 0 aromatic heterocycles. The van der Waals surface area contributed by atoms with E-state index in [1.165, 1.54) is 6.07 Å². The standard InChI is InChI=1S/C16H23FN2O/c1-16(11-18)4-6-19(7-5-16)10-14-9-12-8-13(17)2-3-15(12)20-14/h2-3,8,14H,4-7,9-11,18H2,1H3. The Balaban J connectivity index is 1.54. The Kier molecular flexibility index (Phi) is 3.69. The quantitative estimate of drug-likeness (QED) is 0.921. The smallest absolute Gasteiger partial charge is 0.123 e. The van der Waals surface area contributed by atoms with Crippen LogP contribution in [0.3, 0.4) is 0 Å². The summed E-state index contributed by atoms with van der Waals surface area (Å²) in [5, 5.41) is 0. The molecule has 1 aromatic rings. The van der Waals surface area contributed by atoms with Gasteiger partial charge in [0.05, 0.1) is 0 Å². The minimum atomic E-state index is -0.176. The van der Waals surface area contributed by atoms with Crippen molar-refractivity contribution in [2.45, 2.75) is 32.3 Å². The van der Waals surface area contributed by atoms with Crippen LogP contribution in [0.25, 0.3) is 0 Å². The second-order valence-electron chi connectivity index (χ2n) is 6.51. The molecule has 20 heavy (non-hydrogen) atoms. The fraction of sp³-hybridized carbons (Fsp3) is 0.625. The number of halogens is 1. The Bertz CT molecular complexity index is 483. The summed E-state index contributed by atoms with van der Waals surface area (Å²) in [4.78, 5) is 2.45. The molecule has 2 heterocycles. The van der Waals surface area contributed by atoms with Crippen molar-refractivity contribution in [2.75, 3.05) is 26.2 Å². The first-order valence-corrected chi connectivity index (χ1v) is 7.45. The number of hydrogen-bond acceptors (Lipinski definition) is 3. The third-order valence-corrected chi connectivity index (χ3v) is 4.78. The number of rotatable bonds is 3. The molecule has 0 amide bonds. The number of nitrogens with zero attached hydrogens (tertiary/aromatic N) is 1. The van der Waals surface area contributed by atoms with E-state index in [4.69, 9.17) is 10.5 Å². The topological polar surface area (TPSA) is 38.5 Å². The summed E-state index contributed by atoms with van der Waals surface area (Å²) >= 11 is 0. The molecular weight excluding hydrogens is 255 g/mol. The number of benzene rings is 1. The molecule has 1 saturated heterocycles. The lowest BCUT2D eigenvalue weighted by atomic mass is 9.80. The first-order chi connectivity index (χ1) is 9.58. The number of likely N-dealkylation sites (tertiary alicyclic amines) is 1. The lowest BCUT2D eigenvalue weighted by Crippen LogP contribution is -2.45. The number of fused-ring (bicyclic) bond motifs is 1. The first-order valence-electron chi connectivity index (χ1n) is 7.45. The Morgan fingerprint density at radius 3 is 2.85 bits per heavy atom. The Morgan fingerprint density at radius 2 is 2.15 bits per heavy atom. The predicted octanol–water partition coefficient (Wildman–Crippen LogP) is 2.19. The van der Waals surface area contributed by atoms with E-state index in [0.29, 0.717) is 5.41 Å². The number of piperidine rings is 1. The van der Waals surface area contributed by atoms with Crippen LogP contribution in [0.15, 0.2) is 18.2 Å². The first kappa shape index (κ1) is 13.8. The molecule has 1 unspecified atom stereocenters. The maximum absolute atomic E-state index is 13.2. The van der Waals surface area contributed by atoms with Crippen LogP contribution in [0.4, 0.5) is 4.39 Å². The van der Waals surface area contributed by atoms with Gasteiger partial charge in [0.1, 0.15) is 17.7 Å². The highest BCUT2D eigenvalue weighted by molar-refractivity contribution is 5.37. The van der Waals surface area contributed by atoms with Gasteiger partial charge in [0, 0.05) is 18.5 Å². The highest BCUT2D eigenvalue weighted by Crippen LogP contribution is 2.32. The second kappa shape index (κ2) is 5.34. The highest BCUT2D eigenvalue weighted by Gasteiger charge is 2.31. The van der Waals surface area contributed by atoms with Gasteiger partial charge in [-0.3, -0.25) is 4.90 Å². The zero-order valence-corrected chi connectivity index (χ0v) is 12.1. The van der Waals surface area contributed by atoms with Gasteiger partial charge >= 0.3 is 0 Å². The molecule has 110 valence electrons. The van der Waals surface area contributed by atoms with Gasteiger partial charge in [-0.25, -0.2) is 4.39 Å². The van der Waals surface area contributed by atoms with Crippen molar-refractivity contribution in [2.24, 2.45) is 11.1 Å². The zero-order valence-electron chi connectivity index (χ0n) is 12.1. The molecule has 0 aliphatic carbocycles. The Morgan fingerprint density at radius 1 is 1.40 bits per heavy atom. The summed E-state index contributed by atoms with van der Waals surface area (Å²) in [5.41, 5.74) is 7.14. The summed E-state index contributed by atoms with van der Waals surface area (Å²) in [6, 6.07) is 4.80. The van der Waals surface area contributed by atoms with Crippen molar-refractivity contribution >= 4 is 0 Å². The van der Waals surface area contributed by atoms with E-state index in [0.717, 1.165) is 56.8 Å². The molecule has 0 bridgehead atoms. The molecule has 2 aliphatic rings. The summed E-state index contributed by atoms with van der Waals surface area (Å²) in [6.07, 6.45) is 3.28. The second-order valence-corrected chi connectivity index (χ2v) is 6.51. The molecule has 3 rings (SSSR count). The minimum Gasteiger partial charge on any atom is -0.488 e. The minimum absolute atomic E-state index is 0.161. The van der Waals surface area contributed by atoms with E-state index in [1.807, 2.05) is 0 Å². The van der Waals surface area contributed by atoms with E-state index >= 15 is 0 Å². The SMILES string of the molecule is CC1(CN)CCN(CC2Cc3cc(F)ccc3O2)CC1. The lowest BCUT2D eigenvalue weighted by molar-refractivity contribution is 0.0858. The molecule has 4 heteroatoms. The van der Waals surface area contributed by atoms with Crippen molar-refractivity contribution in [1.82, 2.24) is 4.90 Å². The van der Waals surface area contributed by atoms with Crippen LogP contribution in [-0.2, 0) is 6.42 Å². The maximum atomic E-state index is 13.2. The summed E-state index contributed by atoms with van der Waals surface area (Å²) < 4.78 is 19.1. The summed E-state index contributed by atoms with van der Waals surface area (Å²) in [7, 11) is 0. The van der Waals surface area contributed by atoms with Gasteiger partial charge in [-0.2, -0.15) is 0 Å². The van der Waals surface area contributed by atoms with Crippen LogP contribution in [0.2, 0.25) is 0 Å². The monoisotopic (exact) mass is 278 g/mol. The fourth-order valence-corrected chi connectivity index (χ4v) is 3.16. The molecule has 2 N–H and O–H groups in total. The van der Waals surface area contributed by atoms with Crippen molar-refractivity contribution in [1.29, 1.82) is 0 Å². The molecular formula is C16H23FN2O. The average molecular weight is 278 g/mol. The van der Waals surface area contributed by atoms with Gasteiger partial charge in [0.25, 0.3) is 0 Å². The molecule has 0 spiro atoms. The number of hydrogen-bond donors (Lipinski definition) is 1. The highest BCUT2D eigenvalue weighted by atomic mass is 19.1. The average Bonchev–Trinajstić information content (AvgIpc) is 2.83. The molecule has 3 nitrogen and oxygen atoms in total. The van der Waals surface area contributed by atoms with Gasteiger partial charge in [0.2, 0.25) is 0 Å². The van der Waals surface area contributed by atoms with Crippen molar-refractivity contribution in [3.8, 4) is 5.75 Å². The van der Waals surface area contributed by atoms with Gasteiger partial charge in [-0.15, -0.1) is 0 Å². The molecule has 0 saturated carbocycles. The normalized spacial score (nSPS) is 25.2. The number of ether oxygens (including phenoxy) is 1. The van der Waals surface area contributed by atoms with Crippen LogP contribution in [0.1, 0.15) is 25.3 Å². The van der Waals surface area contributed by atoms with Crippen LogP contribution in [0.5, 0.6) is 5.75 Å². The molecule has 1 fully saturated rings. The third-order valence-electron chi connectivity index (χ3n) is 4.78. The van der Waals surface area contributed by atoms with Gasteiger partial charge in [-0.05, 0) is 56.1 Å². The maximum Gasteiger partial charge on any atom is 0.123 e. The Hall–Kier alpha value is -1.13. The van der Waals surface area contributed by atoms with Crippen LogP contribution < -0.4 is 10.5 Å². The van der Waals surface area contributed by atoms with Crippen LogP contribution in [0, 0.1) is 11.2 Å². The van der Waals surface area contributed by atoms with E-state index in [2.05, 4.69) is 11.8 Å². The number of nitrogens with two attached hydrogens (primary N) is 1. The van der Waals surface area contributed by atoms with E-state index < -0.39 is 0 Å². The van der Waals surface area contributed by atoms with Crippen LogP contribution in [-0.4, -0.2) is 37.2 Å². The van der Waals surface area contributed by atoms with Crippen molar-refractivity contribution in [3.05, 3.63) is 29.6 Å². The van der Waals surface area contributed by atoms with Gasteiger partial charge < -0.3 is 10.5 Å². The molecule has 2 aliphatic heterocycles. The largest absolute Gasteiger partial charge is 0.488 e. The zero-order chi connectivity index (χ0) is 14.2. The predicted molar refractivity (Wildman–Crippen MR) is 77.4 cm³/mol. The van der Waals surface area contributed by atoms with Crippen molar-refractivity contribution < 1.29 is 9.13 Å². The molecule has 0 radical (unpaired) electrons. The van der Waals surface area contributed by atoms with Crippen LogP contribution >= 0.6 is 0 Å². The molecule has 1 aromatic carbocycles. The third kappa shape index (κ3) is 2.81. The summed E-state index contributed by atoms with van der Waals surface area (Å²) in [6.45, 7) is 6.13.